The van der Waals surface area contributed by atoms with Crippen molar-refractivity contribution in [3.63, 3.8) is 0 Å². The van der Waals surface area contributed by atoms with E-state index in [2.05, 4.69) is 26.9 Å². The third-order valence-corrected chi connectivity index (χ3v) is 3.20. The van der Waals surface area contributed by atoms with Crippen LogP contribution in [0.5, 0.6) is 0 Å². The van der Waals surface area contributed by atoms with Crippen LogP contribution in [0, 0.1) is 11.3 Å². The second kappa shape index (κ2) is 8.39. The third-order valence-electron chi connectivity index (χ3n) is 3.20. The number of nitriles is 1. The molecular formula is C12H20Cl2N4. The first-order valence-corrected chi connectivity index (χ1v) is 5.76. The van der Waals surface area contributed by atoms with Crippen LogP contribution in [0.4, 0.5) is 0 Å². The molecular weight excluding hydrogens is 271 g/mol. The lowest BCUT2D eigenvalue weighted by molar-refractivity contribution is 0.170. The summed E-state index contributed by atoms with van der Waals surface area (Å²) in [4.78, 5) is 2.40. The van der Waals surface area contributed by atoms with E-state index in [0.717, 1.165) is 26.2 Å². The van der Waals surface area contributed by atoms with Gasteiger partial charge in [0.2, 0.25) is 0 Å². The van der Waals surface area contributed by atoms with Crippen LogP contribution in [0.25, 0.3) is 0 Å². The Morgan fingerprint density at radius 2 is 2.06 bits per heavy atom. The van der Waals surface area contributed by atoms with Gasteiger partial charge in [-0.25, -0.2) is 0 Å². The molecule has 0 aromatic carbocycles. The maximum absolute atomic E-state index is 8.96. The van der Waals surface area contributed by atoms with Gasteiger partial charge >= 0.3 is 0 Å². The minimum Gasteiger partial charge on any atom is -0.353 e. The quantitative estimate of drug-likeness (QED) is 0.922. The lowest BCUT2D eigenvalue weighted by Crippen LogP contribution is -2.45. The van der Waals surface area contributed by atoms with E-state index >= 15 is 0 Å². The molecule has 1 atom stereocenters. The summed E-state index contributed by atoms with van der Waals surface area (Å²) in [6.07, 6.45) is 2.61. The van der Waals surface area contributed by atoms with Crippen molar-refractivity contribution in [1.29, 1.82) is 5.26 Å². The van der Waals surface area contributed by atoms with Gasteiger partial charge in [0.1, 0.15) is 0 Å². The third kappa shape index (κ3) is 3.89. The molecule has 1 N–H and O–H groups in total. The Morgan fingerprint density at radius 3 is 2.56 bits per heavy atom. The Bertz CT molecular complexity index is 380. The van der Waals surface area contributed by atoms with Crippen LogP contribution in [0.2, 0.25) is 0 Å². The fourth-order valence-electron chi connectivity index (χ4n) is 2.32. The number of hydrogen-bond donors (Lipinski definition) is 1. The number of aryl methyl sites for hydroxylation is 1. The molecule has 0 aliphatic carbocycles. The number of nitrogens with one attached hydrogen (secondary N) is 1. The van der Waals surface area contributed by atoms with Gasteiger partial charge in [-0.1, -0.05) is 0 Å². The molecule has 0 unspecified atom stereocenters. The van der Waals surface area contributed by atoms with Crippen molar-refractivity contribution in [2.75, 3.05) is 26.2 Å². The van der Waals surface area contributed by atoms with Crippen LogP contribution in [0.3, 0.4) is 0 Å². The Hall–Kier alpha value is -0.730. The van der Waals surface area contributed by atoms with E-state index in [-0.39, 0.29) is 30.9 Å². The van der Waals surface area contributed by atoms with Crippen LogP contribution < -0.4 is 5.32 Å². The molecule has 102 valence electrons. The van der Waals surface area contributed by atoms with Gasteiger partial charge in [-0.3, -0.25) is 4.90 Å². The zero-order valence-corrected chi connectivity index (χ0v) is 12.1. The molecule has 0 bridgehead atoms. The van der Waals surface area contributed by atoms with Gasteiger partial charge in [0.05, 0.1) is 18.5 Å². The molecule has 0 saturated carbocycles. The van der Waals surface area contributed by atoms with E-state index < -0.39 is 0 Å². The van der Waals surface area contributed by atoms with E-state index in [1.807, 2.05) is 19.3 Å². The first-order valence-electron chi connectivity index (χ1n) is 5.76. The van der Waals surface area contributed by atoms with Gasteiger partial charge in [-0.2, -0.15) is 5.26 Å². The molecule has 1 aliphatic rings. The van der Waals surface area contributed by atoms with Crippen molar-refractivity contribution >= 4 is 24.8 Å². The molecule has 4 nitrogen and oxygen atoms in total. The maximum Gasteiger partial charge on any atom is 0.0642 e. The summed E-state index contributed by atoms with van der Waals surface area (Å²) in [7, 11) is 2.04. The van der Waals surface area contributed by atoms with Gasteiger partial charge in [-0.15, -0.1) is 24.8 Å². The van der Waals surface area contributed by atoms with Crippen LogP contribution in [-0.2, 0) is 7.05 Å². The van der Waals surface area contributed by atoms with Gasteiger partial charge in [0.15, 0.2) is 0 Å². The Kier molecular flexibility index (Phi) is 8.05. The standard InChI is InChI=1S/C12H18N4.2ClH/c1-15-8-2-3-11(15)12(4-5-13)16-9-6-14-7-10-16;;/h2-3,8,12,14H,4,6-7,9-10H2,1H3;2*1H/t12-;;/m0../s1. The van der Waals surface area contributed by atoms with Gasteiger partial charge in [-0.05, 0) is 12.1 Å². The molecule has 2 rings (SSSR count). The molecule has 18 heavy (non-hydrogen) atoms. The summed E-state index contributed by atoms with van der Waals surface area (Å²) in [5.74, 6) is 0. The summed E-state index contributed by atoms with van der Waals surface area (Å²) in [5.41, 5.74) is 1.24. The average molecular weight is 291 g/mol. The van der Waals surface area contributed by atoms with Crippen LogP contribution in [0.15, 0.2) is 18.3 Å². The van der Waals surface area contributed by atoms with Crippen molar-refractivity contribution in [2.45, 2.75) is 12.5 Å². The molecule has 0 radical (unpaired) electrons. The van der Waals surface area contributed by atoms with Gasteiger partial charge in [0, 0.05) is 45.1 Å². The van der Waals surface area contributed by atoms with Crippen LogP contribution in [-0.4, -0.2) is 35.6 Å². The minimum absolute atomic E-state index is 0. The minimum atomic E-state index is 0. The second-order valence-corrected chi connectivity index (χ2v) is 4.21. The monoisotopic (exact) mass is 290 g/mol. The van der Waals surface area contributed by atoms with Crippen molar-refractivity contribution in [2.24, 2.45) is 7.05 Å². The summed E-state index contributed by atoms with van der Waals surface area (Å²) >= 11 is 0. The Labute approximate surface area is 121 Å². The van der Waals surface area contributed by atoms with Crippen molar-refractivity contribution < 1.29 is 0 Å². The SMILES string of the molecule is Cl.Cl.Cn1cccc1[C@H](CC#N)N1CCNCC1. The molecule has 1 saturated heterocycles. The van der Waals surface area contributed by atoms with E-state index in [4.69, 9.17) is 5.26 Å². The molecule has 1 aromatic rings. The summed E-state index contributed by atoms with van der Waals surface area (Å²) in [6, 6.07) is 6.71. The maximum atomic E-state index is 8.96. The van der Waals surface area contributed by atoms with E-state index in [1.165, 1.54) is 5.69 Å². The van der Waals surface area contributed by atoms with E-state index in [1.54, 1.807) is 0 Å². The highest BCUT2D eigenvalue weighted by atomic mass is 35.5. The smallest absolute Gasteiger partial charge is 0.0642 e. The van der Waals surface area contributed by atoms with Crippen LogP contribution in [0.1, 0.15) is 18.2 Å². The largest absolute Gasteiger partial charge is 0.353 e. The van der Waals surface area contributed by atoms with Crippen molar-refractivity contribution in [3.05, 3.63) is 24.0 Å². The molecule has 0 amide bonds. The van der Waals surface area contributed by atoms with Crippen molar-refractivity contribution in [3.8, 4) is 6.07 Å². The predicted octanol–water partition coefficient (Wildman–Crippen LogP) is 1.73. The fourth-order valence-corrected chi connectivity index (χ4v) is 2.32. The van der Waals surface area contributed by atoms with Gasteiger partial charge in [0.25, 0.3) is 0 Å². The predicted molar refractivity (Wildman–Crippen MR) is 77.3 cm³/mol. The number of aromatic nitrogens is 1. The van der Waals surface area contributed by atoms with Crippen molar-refractivity contribution in [1.82, 2.24) is 14.8 Å². The Balaban J connectivity index is 0.00000144. The molecule has 1 aromatic heterocycles. The highest BCUT2D eigenvalue weighted by Gasteiger charge is 2.23. The zero-order valence-electron chi connectivity index (χ0n) is 10.5. The summed E-state index contributed by atoms with van der Waals surface area (Å²) in [6.45, 7) is 4.09. The second-order valence-electron chi connectivity index (χ2n) is 4.21. The summed E-state index contributed by atoms with van der Waals surface area (Å²) < 4.78 is 2.12. The van der Waals surface area contributed by atoms with Gasteiger partial charge < -0.3 is 9.88 Å². The Morgan fingerprint density at radius 1 is 1.39 bits per heavy atom. The van der Waals surface area contributed by atoms with E-state index in [0.29, 0.717) is 6.42 Å². The molecule has 0 spiro atoms. The molecule has 2 heterocycles. The summed E-state index contributed by atoms with van der Waals surface area (Å²) in [5, 5.41) is 12.3. The number of rotatable bonds is 3. The first kappa shape index (κ1) is 17.3. The number of piperazine rings is 1. The number of hydrogen-bond acceptors (Lipinski definition) is 3. The number of halogens is 2. The normalized spacial score (nSPS) is 17.1. The zero-order chi connectivity index (χ0) is 11.4. The molecule has 1 fully saturated rings. The fraction of sp³-hybridized carbons (Fsp3) is 0.583. The lowest BCUT2D eigenvalue weighted by Gasteiger charge is -2.34. The first-order chi connectivity index (χ1) is 7.83. The van der Waals surface area contributed by atoms with E-state index in [9.17, 15) is 0 Å². The molecule has 1 aliphatic heterocycles. The highest BCUT2D eigenvalue weighted by Crippen LogP contribution is 2.24. The number of nitrogens with zero attached hydrogens (tertiary/aromatic N) is 3. The topological polar surface area (TPSA) is 44.0 Å². The molecule has 6 heteroatoms. The van der Waals surface area contributed by atoms with Crippen LogP contribution >= 0.6 is 24.8 Å². The lowest BCUT2D eigenvalue weighted by atomic mass is 10.1. The average Bonchev–Trinajstić information content (AvgIpc) is 2.73. The highest BCUT2D eigenvalue weighted by molar-refractivity contribution is 5.85.